The van der Waals surface area contributed by atoms with Crippen molar-refractivity contribution in [3.05, 3.63) is 113 Å². The molecule has 1 unspecified atom stereocenters. The molecule has 3 atom stereocenters. The molecule has 140 valence electrons. The van der Waals surface area contributed by atoms with E-state index < -0.39 is 5.41 Å². The molecule has 1 fully saturated rings. The van der Waals surface area contributed by atoms with Crippen LogP contribution in [0.25, 0.3) is 17.2 Å². The molecule has 0 amide bonds. The summed E-state index contributed by atoms with van der Waals surface area (Å²) in [5, 5.41) is 0. The number of fused-ring (bicyclic) bond motifs is 2. The van der Waals surface area contributed by atoms with E-state index in [0.29, 0.717) is 0 Å². The summed E-state index contributed by atoms with van der Waals surface area (Å²) >= 11 is 0. The molecule has 2 nitrogen and oxygen atoms in total. The highest BCUT2D eigenvalue weighted by Gasteiger charge is 2.61. The van der Waals surface area contributed by atoms with E-state index >= 15 is 0 Å². The number of esters is 1. The second kappa shape index (κ2) is 6.05. The van der Waals surface area contributed by atoms with Gasteiger partial charge in [0.1, 0.15) is 11.5 Å². The van der Waals surface area contributed by atoms with Gasteiger partial charge in [-0.05, 0) is 45.9 Å². The molecular weight excluding hydrogens is 356 g/mol. The summed E-state index contributed by atoms with van der Waals surface area (Å²) in [4.78, 5) is 13.4. The number of ether oxygens (including phenoxy) is 1. The molecule has 2 heteroatoms. The first-order chi connectivity index (χ1) is 14.3. The van der Waals surface area contributed by atoms with Crippen molar-refractivity contribution in [2.24, 2.45) is 5.41 Å². The van der Waals surface area contributed by atoms with E-state index in [1.165, 1.54) is 11.1 Å². The molecule has 3 aromatic rings. The van der Waals surface area contributed by atoms with Gasteiger partial charge < -0.3 is 4.74 Å². The predicted molar refractivity (Wildman–Crippen MR) is 115 cm³/mol. The first-order valence-electron chi connectivity index (χ1n) is 10.1. The lowest BCUT2D eigenvalue weighted by molar-refractivity contribution is -0.161. The molecule has 3 aromatic carbocycles. The van der Waals surface area contributed by atoms with E-state index in [9.17, 15) is 4.79 Å². The molecule has 4 aliphatic rings. The lowest BCUT2D eigenvalue weighted by Gasteiger charge is -2.46. The van der Waals surface area contributed by atoms with Crippen LogP contribution >= 0.6 is 0 Å². The first kappa shape index (κ1) is 16.6. The smallest absolute Gasteiger partial charge is 0.321 e. The summed E-state index contributed by atoms with van der Waals surface area (Å²) in [6.45, 7) is 0. The van der Waals surface area contributed by atoms with Gasteiger partial charge in [-0.1, -0.05) is 91.0 Å². The van der Waals surface area contributed by atoms with Gasteiger partial charge in [0.25, 0.3) is 0 Å². The lowest BCUT2D eigenvalue weighted by Crippen LogP contribution is -2.48. The molecule has 2 aliphatic heterocycles. The van der Waals surface area contributed by atoms with Crippen molar-refractivity contribution in [1.29, 1.82) is 0 Å². The van der Waals surface area contributed by atoms with Gasteiger partial charge in [0, 0.05) is 5.92 Å². The summed E-state index contributed by atoms with van der Waals surface area (Å²) in [5.41, 5.74) is 6.11. The first-order valence-corrected chi connectivity index (χ1v) is 10.1. The highest BCUT2D eigenvalue weighted by Crippen LogP contribution is 2.65. The molecule has 2 aliphatic carbocycles. The van der Waals surface area contributed by atoms with Gasteiger partial charge in [-0.15, -0.1) is 0 Å². The van der Waals surface area contributed by atoms with Crippen LogP contribution < -0.4 is 0 Å². The Kier molecular flexibility index (Phi) is 3.45. The molecule has 29 heavy (non-hydrogen) atoms. The standard InChI is InChI=1S/C27H20O2/c28-26-27-17-22(19-11-5-2-6-12-19)25(29-26)16-24(27)21-14-8-7-13-20(21)23(27)15-18-9-3-1-4-10-18/h1-15,17,24-25H,16H2/b23-15+/t24-,25?,27-/m1/s1. The summed E-state index contributed by atoms with van der Waals surface area (Å²) in [6, 6.07) is 29.0. The molecule has 0 radical (unpaired) electrons. The molecule has 2 bridgehead atoms. The fourth-order valence-corrected chi connectivity index (χ4v) is 5.33. The third-order valence-electron chi connectivity index (χ3n) is 6.61. The van der Waals surface area contributed by atoms with Gasteiger partial charge in [0.05, 0.1) is 0 Å². The number of carbonyl (C=O) groups excluding carboxylic acids is 1. The third-order valence-corrected chi connectivity index (χ3v) is 6.61. The van der Waals surface area contributed by atoms with Gasteiger partial charge in [-0.2, -0.15) is 0 Å². The Morgan fingerprint density at radius 3 is 2.34 bits per heavy atom. The predicted octanol–water partition coefficient (Wildman–Crippen LogP) is 5.72. The van der Waals surface area contributed by atoms with Crippen molar-refractivity contribution >= 4 is 23.2 Å². The largest absolute Gasteiger partial charge is 0.457 e. The van der Waals surface area contributed by atoms with Gasteiger partial charge in [0.15, 0.2) is 0 Å². The van der Waals surface area contributed by atoms with Crippen LogP contribution in [0.3, 0.4) is 0 Å². The van der Waals surface area contributed by atoms with Crippen LogP contribution in [0.2, 0.25) is 0 Å². The van der Waals surface area contributed by atoms with Crippen LogP contribution in [0.1, 0.15) is 34.6 Å². The molecule has 7 rings (SSSR count). The van der Waals surface area contributed by atoms with E-state index in [1.807, 2.05) is 36.4 Å². The fourth-order valence-electron chi connectivity index (χ4n) is 5.33. The maximum absolute atomic E-state index is 13.4. The van der Waals surface area contributed by atoms with Gasteiger partial charge in [-0.3, -0.25) is 4.79 Å². The van der Waals surface area contributed by atoms with Crippen molar-refractivity contribution in [2.45, 2.75) is 18.4 Å². The number of hydrogen-bond donors (Lipinski definition) is 0. The Bertz CT molecular complexity index is 1170. The minimum atomic E-state index is -0.751. The van der Waals surface area contributed by atoms with Crippen LogP contribution in [0, 0.1) is 5.41 Å². The zero-order valence-electron chi connectivity index (χ0n) is 15.9. The van der Waals surface area contributed by atoms with Crippen molar-refractivity contribution in [3.8, 4) is 0 Å². The molecule has 0 saturated carbocycles. The quantitative estimate of drug-likeness (QED) is 0.535. The summed E-state index contributed by atoms with van der Waals surface area (Å²) in [6.07, 6.45) is 5.03. The molecule has 2 heterocycles. The topological polar surface area (TPSA) is 26.3 Å². The SMILES string of the molecule is O=C1OC2C[C@@H]3c4ccccc4/C(=C\c4ccccc4)[C@@]13C=C2c1ccccc1. The molecule has 1 saturated heterocycles. The van der Waals surface area contributed by atoms with Crippen LogP contribution in [-0.4, -0.2) is 12.1 Å². The fraction of sp³-hybridized carbons (Fsp3) is 0.148. The summed E-state index contributed by atoms with van der Waals surface area (Å²) in [5.74, 6) is 0.0178. The number of rotatable bonds is 2. The molecule has 1 spiro atoms. The Hall–Kier alpha value is -3.39. The van der Waals surface area contributed by atoms with E-state index in [0.717, 1.165) is 28.7 Å². The summed E-state index contributed by atoms with van der Waals surface area (Å²) < 4.78 is 6.01. The average molecular weight is 376 g/mol. The van der Waals surface area contributed by atoms with Crippen molar-refractivity contribution in [3.63, 3.8) is 0 Å². The second-order valence-corrected chi connectivity index (χ2v) is 8.07. The Labute approximate surface area is 170 Å². The number of hydrogen-bond acceptors (Lipinski definition) is 2. The Balaban J connectivity index is 1.63. The third kappa shape index (κ3) is 2.26. The van der Waals surface area contributed by atoms with Crippen molar-refractivity contribution in [1.82, 2.24) is 0 Å². The highest BCUT2D eigenvalue weighted by atomic mass is 16.5. The molecule has 0 N–H and O–H groups in total. The Morgan fingerprint density at radius 2 is 1.55 bits per heavy atom. The van der Waals surface area contributed by atoms with E-state index in [4.69, 9.17) is 4.74 Å². The van der Waals surface area contributed by atoms with E-state index in [1.54, 1.807) is 0 Å². The normalized spacial score (nSPS) is 27.9. The van der Waals surface area contributed by atoms with Crippen LogP contribution in [-0.2, 0) is 9.53 Å². The van der Waals surface area contributed by atoms with E-state index in [2.05, 4.69) is 60.7 Å². The van der Waals surface area contributed by atoms with Crippen LogP contribution in [0.4, 0.5) is 0 Å². The van der Waals surface area contributed by atoms with Crippen LogP contribution in [0.15, 0.2) is 91.0 Å². The van der Waals surface area contributed by atoms with Gasteiger partial charge in [0.2, 0.25) is 0 Å². The maximum atomic E-state index is 13.4. The zero-order valence-corrected chi connectivity index (χ0v) is 15.9. The maximum Gasteiger partial charge on any atom is 0.321 e. The van der Waals surface area contributed by atoms with Crippen LogP contribution in [0.5, 0.6) is 0 Å². The van der Waals surface area contributed by atoms with Crippen molar-refractivity contribution < 1.29 is 9.53 Å². The molecule has 0 aromatic heterocycles. The van der Waals surface area contributed by atoms with E-state index in [-0.39, 0.29) is 18.0 Å². The monoisotopic (exact) mass is 376 g/mol. The Morgan fingerprint density at radius 1 is 0.862 bits per heavy atom. The minimum Gasteiger partial charge on any atom is -0.457 e. The van der Waals surface area contributed by atoms with Gasteiger partial charge >= 0.3 is 5.97 Å². The highest BCUT2D eigenvalue weighted by molar-refractivity contribution is 6.09. The second-order valence-electron chi connectivity index (χ2n) is 8.07. The lowest BCUT2D eigenvalue weighted by atomic mass is 9.63. The van der Waals surface area contributed by atoms with Gasteiger partial charge in [-0.25, -0.2) is 0 Å². The van der Waals surface area contributed by atoms with Crippen molar-refractivity contribution in [2.75, 3.05) is 0 Å². The minimum absolute atomic E-state index is 0.114. The average Bonchev–Trinajstić information content (AvgIpc) is 3.05. The number of carbonyl (C=O) groups is 1. The molecular formula is C27H20O2. The summed E-state index contributed by atoms with van der Waals surface area (Å²) in [7, 11) is 0. The zero-order chi connectivity index (χ0) is 19.4. The number of benzene rings is 3.